The average molecular weight is 207 g/mol. The van der Waals surface area contributed by atoms with Crippen LogP contribution in [0, 0.1) is 0 Å². The number of phenols is 1. The lowest BCUT2D eigenvalue weighted by atomic mass is 10.0. The maximum atomic E-state index is 11.0. The Kier molecular flexibility index (Phi) is 3.72. The van der Waals surface area contributed by atoms with Gasteiger partial charge in [-0.3, -0.25) is 4.79 Å². The first-order chi connectivity index (χ1) is 7.08. The highest BCUT2D eigenvalue weighted by molar-refractivity contribution is 5.89. The van der Waals surface area contributed by atoms with Gasteiger partial charge in [0.05, 0.1) is 0 Å². The van der Waals surface area contributed by atoms with E-state index < -0.39 is 0 Å². The fraction of sp³-hybridized carbons (Fsp3) is 0.417. The van der Waals surface area contributed by atoms with Gasteiger partial charge in [-0.1, -0.05) is 13.8 Å². The SMILES string of the molecule is CCc1cc(NC(C)=O)c(CC)cc1O. The summed E-state index contributed by atoms with van der Waals surface area (Å²) < 4.78 is 0. The zero-order chi connectivity index (χ0) is 11.4. The van der Waals surface area contributed by atoms with Crippen molar-refractivity contribution in [3.8, 4) is 5.75 Å². The quantitative estimate of drug-likeness (QED) is 0.748. The molecule has 0 aliphatic rings. The molecule has 3 heteroatoms. The molecule has 0 aliphatic carbocycles. The number of hydrogen-bond donors (Lipinski definition) is 2. The highest BCUT2D eigenvalue weighted by Gasteiger charge is 2.07. The number of carbonyl (C=O) groups is 1. The minimum atomic E-state index is -0.0857. The average Bonchev–Trinajstić information content (AvgIpc) is 2.19. The smallest absolute Gasteiger partial charge is 0.221 e. The van der Waals surface area contributed by atoms with Crippen LogP contribution in [0.3, 0.4) is 0 Å². The molecule has 0 saturated heterocycles. The van der Waals surface area contributed by atoms with Crippen molar-refractivity contribution in [2.45, 2.75) is 33.6 Å². The van der Waals surface area contributed by atoms with Crippen LogP contribution in [0.1, 0.15) is 31.9 Å². The van der Waals surface area contributed by atoms with Gasteiger partial charge in [0.15, 0.2) is 0 Å². The van der Waals surface area contributed by atoms with Crippen LogP contribution in [0.5, 0.6) is 5.75 Å². The summed E-state index contributed by atoms with van der Waals surface area (Å²) in [5.41, 5.74) is 2.62. The van der Waals surface area contributed by atoms with Crippen LogP contribution in [0.4, 0.5) is 5.69 Å². The normalized spacial score (nSPS) is 10.1. The molecule has 0 aliphatic heterocycles. The maximum Gasteiger partial charge on any atom is 0.221 e. The Morgan fingerprint density at radius 2 is 1.87 bits per heavy atom. The highest BCUT2D eigenvalue weighted by atomic mass is 16.3. The van der Waals surface area contributed by atoms with E-state index in [2.05, 4.69) is 5.32 Å². The van der Waals surface area contributed by atoms with Gasteiger partial charge >= 0.3 is 0 Å². The van der Waals surface area contributed by atoms with Gasteiger partial charge in [0, 0.05) is 12.6 Å². The second-order valence-electron chi connectivity index (χ2n) is 3.53. The Hall–Kier alpha value is -1.51. The minimum absolute atomic E-state index is 0.0857. The summed E-state index contributed by atoms with van der Waals surface area (Å²) in [6.45, 7) is 5.45. The zero-order valence-corrected chi connectivity index (χ0v) is 9.42. The Labute approximate surface area is 90.1 Å². The zero-order valence-electron chi connectivity index (χ0n) is 9.42. The predicted molar refractivity (Wildman–Crippen MR) is 61.2 cm³/mol. The molecule has 82 valence electrons. The third kappa shape index (κ3) is 2.72. The molecular formula is C12H17NO2. The number of amides is 1. The molecule has 0 heterocycles. The topological polar surface area (TPSA) is 49.3 Å². The number of phenolic OH excluding ortho intramolecular Hbond substituents is 1. The van der Waals surface area contributed by atoms with Crippen molar-refractivity contribution in [3.63, 3.8) is 0 Å². The molecule has 0 fully saturated rings. The molecule has 1 rings (SSSR count). The van der Waals surface area contributed by atoms with Gasteiger partial charge in [-0.15, -0.1) is 0 Å². The van der Waals surface area contributed by atoms with Gasteiger partial charge in [-0.25, -0.2) is 0 Å². The van der Waals surface area contributed by atoms with Crippen molar-refractivity contribution in [3.05, 3.63) is 23.3 Å². The van der Waals surface area contributed by atoms with Crippen LogP contribution in [0.15, 0.2) is 12.1 Å². The van der Waals surface area contributed by atoms with Gasteiger partial charge in [-0.05, 0) is 36.1 Å². The van der Waals surface area contributed by atoms with E-state index in [1.165, 1.54) is 6.92 Å². The van der Waals surface area contributed by atoms with Crippen LogP contribution in [0.2, 0.25) is 0 Å². The molecule has 0 atom stereocenters. The number of rotatable bonds is 3. The van der Waals surface area contributed by atoms with E-state index in [1.807, 2.05) is 19.9 Å². The predicted octanol–water partition coefficient (Wildman–Crippen LogP) is 2.48. The van der Waals surface area contributed by atoms with Gasteiger partial charge in [0.1, 0.15) is 5.75 Å². The fourth-order valence-corrected chi connectivity index (χ4v) is 1.56. The molecule has 0 bridgehead atoms. The fourth-order valence-electron chi connectivity index (χ4n) is 1.56. The van der Waals surface area contributed by atoms with Crippen LogP contribution < -0.4 is 5.32 Å². The molecule has 0 aromatic heterocycles. The number of benzene rings is 1. The standard InChI is InChI=1S/C12H17NO2/c1-4-9-7-12(15)10(5-2)6-11(9)13-8(3)14/h6-7,15H,4-5H2,1-3H3,(H,13,14). The van der Waals surface area contributed by atoms with Gasteiger partial charge in [0.25, 0.3) is 0 Å². The molecule has 0 radical (unpaired) electrons. The summed E-state index contributed by atoms with van der Waals surface area (Å²) in [6, 6.07) is 3.57. The second kappa shape index (κ2) is 4.82. The highest BCUT2D eigenvalue weighted by Crippen LogP contribution is 2.27. The van der Waals surface area contributed by atoms with E-state index in [9.17, 15) is 9.90 Å². The van der Waals surface area contributed by atoms with E-state index in [1.54, 1.807) is 6.07 Å². The van der Waals surface area contributed by atoms with E-state index in [-0.39, 0.29) is 5.91 Å². The van der Waals surface area contributed by atoms with Gasteiger partial charge < -0.3 is 10.4 Å². The lowest BCUT2D eigenvalue weighted by molar-refractivity contribution is -0.114. The van der Waals surface area contributed by atoms with Crippen molar-refractivity contribution in [1.82, 2.24) is 0 Å². The van der Waals surface area contributed by atoms with Crippen molar-refractivity contribution in [2.24, 2.45) is 0 Å². The van der Waals surface area contributed by atoms with Gasteiger partial charge in [-0.2, -0.15) is 0 Å². The monoisotopic (exact) mass is 207 g/mol. The van der Waals surface area contributed by atoms with Crippen LogP contribution >= 0.6 is 0 Å². The Bertz CT molecular complexity index is 372. The molecule has 0 spiro atoms. The van der Waals surface area contributed by atoms with E-state index in [4.69, 9.17) is 0 Å². The summed E-state index contributed by atoms with van der Waals surface area (Å²) >= 11 is 0. The van der Waals surface area contributed by atoms with Gasteiger partial charge in [0.2, 0.25) is 5.91 Å². The van der Waals surface area contributed by atoms with Crippen LogP contribution in [0.25, 0.3) is 0 Å². The van der Waals surface area contributed by atoms with Crippen molar-refractivity contribution < 1.29 is 9.90 Å². The molecule has 3 nitrogen and oxygen atoms in total. The molecular weight excluding hydrogens is 190 g/mol. The number of aromatic hydroxyl groups is 1. The number of hydrogen-bond acceptors (Lipinski definition) is 2. The number of carbonyl (C=O) groups excluding carboxylic acids is 1. The third-order valence-corrected chi connectivity index (χ3v) is 2.38. The Morgan fingerprint density at radius 1 is 1.27 bits per heavy atom. The maximum absolute atomic E-state index is 11.0. The first kappa shape index (κ1) is 11.6. The van der Waals surface area contributed by atoms with Crippen LogP contribution in [-0.4, -0.2) is 11.0 Å². The van der Waals surface area contributed by atoms with Crippen molar-refractivity contribution >= 4 is 11.6 Å². The van der Waals surface area contributed by atoms with Crippen molar-refractivity contribution in [1.29, 1.82) is 0 Å². The lowest BCUT2D eigenvalue weighted by Crippen LogP contribution is -2.08. The molecule has 1 amide bonds. The lowest BCUT2D eigenvalue weighted by Gasteiger charge is -2.11. The molecule has 2 N–H and O–H groups in total. The first-order valence-corrected chi connectivity index (χ1v) is 5.20. The summed E-state index contributed by atoms with van der Waals surface area (Å²) in [4.78, 5) is 11.0. The molecule has 1 aromatic rings. The van der Waals surface area contributed by atoms with Crippen molar-refractivity contribution in [2.75, 3.05) is 5.32 Å². The number of anilines is 1. The molecule has 1 aromatic carbocycles. The van der Waals surface area contributed by atoms with Crippen LogP contribution in [-0.2, 0) is 17.6 Å². The first-order valence-electron chi connectivity index (χ1n) is 5.20. The summed E-state index contributed by atoms with van der Waals surface area (Å²) in [5.74, 6) is 0.223. The second-order valence-corrected chi connectivity index (χ2v) is 3.53. The largest absolute Gasteiger partial charge is 0.508 e. The Balaban J connectivity index is 3.16. The molecule has 15 heavy (non-hydrogen) atoms. The summed E-state index contributed by atoms with van der Waals surface area (Å²) in [5, 5.41) is 12.4. The van der Waals surface area contributed by atoms with E-state index in [0.29, 0.717) is 5.75 Å². The van der Waals surface area contributed by atoms with E-state index in [0.717, 1.165) is 29.7 Å². The summed E-state index contributed by atoms with van der Waals surface area (Å²) in [6.07, 6.45) is 1.54. The number of aryl methyl sites for hydroxylation is 2. The third-order valence-electron chi connectivity index (χ3n) is 2.38. The summed E-state index contributed by atoms with van der Waals surface area (Å²) in [7, 11) is 0. The molecule has 0 saturated carbocycles. The minimum Gasteiger partial charge on any atom is -0.508 e. The van der Waals surface area contributed by atoms with E-state index >= 15 is 0 Å². The Morgan fingerprint density at radius 3 is 2.33 bits per heavy atom. The number of nitrogens with one attached hydrogen (secondary N) is 1. The molecule has 0 unspecified atom stereocenters.